The van der Waals surface area contributed by atoms with Gasteiger partial charge in [0.1, 0.15) is 29.3 Å². The van der Waals surface area contributed by atoms with E-state index in [2.05, 4.69) is 22.6 Å². The van der Waals surface area contributed by atoms with Crippen molar-refractivity contribution >= 4 is 33.6 Å². The normalized spacial score (nSPS) is 10.8. The first kappa shape index (κ1) is 18.6. The summed E-state index contributed by atoms with van der Waals surface area (Å²) in [6.07, 6.45) is 0. The summed E-state index contributed by atoms with van der Waals surface area (Å²) < 4.78 is 18.3. The minimum Gasteiger partial charge on any atom is -0.496 e. The van der Waals surface area contributed by atoms with Crippen LogP contribution in [0.5, 0.6) is 11.5 Å². The Hall–Kier alpha value is -2.80. The molecule has 4 rings (SSSR count). The van der Waals surface area contributed by atoms with Crippen molar-refractivity contribution in [1.29, 1.82) is 0 Å². The van der Waals surface area contributed by atoms with Gasteiger partial charge in [-0.05, 0) is 28.2 Å². The summed E-state index contributed by atoms with van der Waals surface area (Å²) in [5.74, 6) is 1.56. The van der Waals surface area contributed by atoms with Crippen LogP contribution in [0.3, 0.4) is 0 Å². The Bertz CT molecular complexity index is 1170. The lowest BCUT2D eigenvalue weighted by atomic mass is 10.1. The number of fused-ring (bicyclic) bond motifs is 1. The summed E-state index contributed by atoms with van der Waals surface area (Å²) in [5, 5.41) is 0.415. The Labute approximate surface area is 175 Å². The first-order valence-electron chi connectivity index (χ1n) is 8.74. The molecule has 0 fully saturated rings. The van der Waals surface area contributed by atoms with Gasteiger partial charge in [0.05, 0.1) is 10.7 Å². The number of hydrogen-bond donors (Lipinski definition) is 0. The van der Waals surface area contributed by atoms with Gasteiger partial charge in [0.2, 0.25) is 0 Å². The Morgan fingerprint density at radius 2 is 1.61 bits per heavy atom. The Morgan fingerprint density at radius 3 is 2.29 bits per heavy atom. The van der Waals surface area contributed by atoms with Crippen molar-refractivity contribution in [2.75, 3.05) is 7.11 Å². The highest BCUT2D eigenvalue weighted by atomic mass is 127. The fourth-order valence-electron chi connectivity index (χ4n) is 2.99. The molecule has 140 valence electrons. The zero-order chi connectivity index (χ0) is 19.5. The molecular formula is C23H17IO4. The summed E-state index contributed by atoms with van der Waals surface area (Å²) in [4.78, 5) is 12.8. The van der Waals surface area contributed by atoms with Gasteiger partial charge in [-0.3, -0.25) is 4.79 Å². The van der Waals surface area contributed by atoms with Gasteiger partial charge >= 0.3 is 0 Å². The molecule has 4 aromatic rings. The predicted molar refractivity (Wildman–Crippen MR) is 118 cm³/mol. The number of rotatable bonds is 5. The SMILES string of the molecule is COc1cc(OCc2ccccc2)c(I)c2oc(-c3ccccc3)cc(=O)c12. The van der Waals surface area contributed by atoms with Crippen molar-refractivity contribution in [3.63, 3.8) is 0 Å². The van der Waals surface area contributed by atoms with Crippen LogP contribution in [0.1, 0.15) is 5.56 Å². The molecule has 0 spiro atoms. The van der Waals surface area contributed by atoms with E-state index in [0.717, 1.165) is 14.7 Å². The molecule has 4 nitrogen and oxygen atoms in total. The van der Waals surface area contributed by atoms with Gasteiger partial charge in [-0.1, -0.05) is 60.7 Å². The molecule has 1 heterocycles. The van der Waals surface area contributed by atoms with E-state index in [4.69, 9.17) is 13.9 Å². The van der Waals surface area contributed by atoms with Crippen LogP contribution in [0.2, 0.25) is 0 Å². The third-order valence-corrected chi connectivity index (χ3v) is 5.41. The lowest BCUT2D eigenvalue weighted by Gasteiger charge is -2.13. The van der Waals surface area contributed by atoms with Crippen LogP contribution in [-0.4, -0.2) is 7.11 Å². The van der Waals surface area contributed by atoms with Crippen molar-refractivity contribution < 1.29 is 13.9 Å². The van der Waals surface area contributed by atoms with Crippen LogP contribution in [0.15, 0.2) is 82.0 Å². The van der Waals surface area contributed by atoms with Crippen molar-refractivity contribution in [2.45, 2.75) is 6.61 Å². The first-order chi connectivity index (χ1) is 13.7. The van der Waals surface area contributed by atoms with Crippen LogP contribution < -0.4 is 14.9 Å². The minimum absolute atomic E-state index is 0.149. The summed E-state index contributed by atoms with van der Waals surface area (Å²) in [5.41, 5.74) is 2.21. The molecule has 3 aromatic carbocycles. The molecule has 0 radical (unpaired) electrons. The van der Waals surface area contributed by atoms with E-state index in [1.807, 2.05) is 60.7 Å². The molecule has 0 aliphatic carbocycles. The fraction of sp³-hybridized carbons (Fsp3) is 0.0870. The number of halogens is 1. The van der Waals surface area contributed by atoms with E-state index in [-0.39, 0.29) is 5.43 Å². The molecular weight excluding hydrogens is 467 g/mol. The minimum atomic E-state index is -0.149. The largest absolute Gasteiger partial charge is 0.496 e. The maximum absolute atomic E-state index is 12.8. The van der Waals surface area contributed by atoms with Crippen molar-refractivity contribution in [2.24, 2.45) is 0 Å². The number of methoxy groups -OCH3 is 1. The lowest BCUT2D eigenvalue weighted by molar-refractivity contribution is 0.301. The quantitative estimate of drug-likeness (QED) is 0.344. The maximum atomic E-state index is 12.8. The lowest BCUT2D eigenvalue weighted by Crippen LogP contribution is -2.06. The molecule has 0 unspecified atom stereocenters. The standard InChI is InChI=1S/C23H17IO4/c1-26-19-13-20(27-14-15-8-4-2-5-9-15)22(24)23-21(19)17(25)12-18(28-23)16-10-6-3-7-11-16/h2-13H,14H2,1H3. The summed E-state index contributed by atoms with van der Waals surface area (Å²) >= 11 is 2.15. The summed E-state index contributed by atoms with van der Waals surface area (Å²) in [6, 6.07) is 22.7. The molecule has 0 N–H and O–H groups in total. The first-order valence-corrected chi connectivity index (χ1v) is 9.81. The molecule has 0 atom stereocenters. The highest BCUT2D eigenvalue weighted by molar-refractivity contribution is 14.1. The second-order valence-corrected chi connectivity index (χ2v) is 7.29. The fourth-order valence-corrected chi connectivity index (χ4v) is 3.69. The van der Waals surface area contributed by atoms with Crippen LogP contribution in [-0.2, 0) is 6.61 Å². The molecule has 5 heteroatoms. The van der Waals surface area contributed by atoms with Crippen LogP contribution in [0, 0.1) is 3.57 Å². The average molecular weight is 484 g/mol. The van der Waals surface area contributed by atoms with E-state index in [9.17, 15) is 4.79 Å². The van der Waals surface area contributed by atoms with E-state index >= 15 is 0 Å². The molecule has 1 aromatic heterocycles. The average Bonchev–Trinajstić information content (AvgIpc) is 2.74. The van der Waals surface area contributed by atoms with Crippen molar-refractivity contribution in [3.05, 3.63) is 92.2 Å². The van der Waals surface area contributed by atoms with Crippen molar-refractivity contribution in [1.82, 2.24) is 0 Å². The van der Waals surface area contributed by atoms with Gasteiger partial charge < -0.3 is 13.9 Å². The molecule has 0 aliphatic heterocycles. The summed E-state index contributed by atoms with van der Waals surface area (Å²) in [7, 11) is 1.53. The van der Waals surface area contributed by atoms with Crippen molar-refractivity contribution in [3.8, 4) is 22.8 Å². The molecule has 0 saturated carbocycles. The van der Waals surface area contributed by atoms with Gasteiger partial charge in [0.15, 0.2) is 11.0 Å². The maximum Gasteiger partial charge on any atom is 0.197 e. The highest BCUT2D eigenvalue weighted by Gasteiger charge is 2.18. The van der Waals surface area contributed by atoms with Gasteiger partial charge in [0, 0.05) is 17.7 Å². The molecule has 28 heavy (non-hydrogen) atoms. The molecule has 0 amide bonds. The number of hydrogen-bond acceptors (Lipinski definition) is 4. The topological polar surface area (TPSA) is 48.7 Å². The molecule has 0 saturated heterocycles. The van der Waals surface area contributed by atoms with E-state index < -0.39 is 0 Å². The van der Waals surface area contributed by atoms with E-state index in [0.29, 0.717) is 34.8 Å². The van der Waals surface area contributed by atoms with Gasteiger partial charge in [0.25, 0.3) is 0 Å². The van der Waals surface area contributed by atoms with Crippen LogP contribution in [0.4, 0.5) is 0 Å². The Kier molecular flexibility index (Phi) is 5.34. The van der Waals surface area contributed by atoms with Crippen LogP contribution >= 0.6 is 22.6 Å². The van der Waals surface area contributed by atoms with Gasteiger partial charge in [-0.15, -0.1) is 0 Å². The second-order valence-electron chi connectivity index (χ2n) is 6.21. The highest BCUT2D eigenvalue weighted by Crippen LogP contribution is 2.37. The third kappa shape index (κ3) is 3.62. The zero-order valence-electron chi connectivity index (χ0n) is 15.1. The van der Waals surface area contributed by atoms with Crippen LogP contribution in [0.25, 0.3) is 22.3 Å². The monoisotopic (exact) mass is 484 g/mol. The molecule has 0 bridgehead atoms. The van der Waals surface area contributed by atoms with E-state index in [1.165, 1.54) is 13.2 Å². The Morgan fingerprint density at radius 1 is 0.929 bits per heavy atom. The third-order valence-electron chi connectivity index (χ3n) is 4.39. The summed E-state index contributed by atoms with van der Waals surface area (Å²) in [6.45, 7) is 0.411. The smallest absolute Gasteiger partial charge is 0.197 e. The zero-order valence-corrected chi connectivity index (χ0v) is 17.3. The number of benzene rings is 3. The number of ether oxygens (including phenoxy) is 2. The van der Waals surface area contributed by atoms with E-state index in [1.54, 1.807) is 6.07 Å². The Balaban J connectivity index is 1.83. The predicted octanol–water partition coefficient (Wildman–Crippen LogP) is 5.65. The van der Waals surface area contributed by atoms with Gasteiger partial charge in [-0.25, -0.2) is 0 Å². The molecule has 0 aliphatic rings. The second kappa shape index (κ2) is 8.06. The van der Waals surface area contributed by atoms with Gasteiger partial charge in [-0.2, -0.15) is 0 Å².